The zero-order valence-corrected chi connectivity index (χ0v) is 13.5. The van der Waals surface area contributed by atoms with Crippen LogP contribution in [0.1, 0.15) is 57.4 Å². The highest BCUT2D eigenvalue weighted by Crippen LogP contribution is 2.16. The third-order valence-electron chi connectivity index (χ3n) is 3.59. The molecule has 0 bridgehead atoms. The molecule has 0 spiro atoms. The fourth-order valence-corrected chi connectivity index (χ4v) is 2.32. The van der Waals surface area contributed by atoms with Gasteiger partial charge in [0.15, 0.2) is 0 Å². The lowest BCUT2D eigenvalue weighted by molar-refractivity contribution is -0.139. The van der Waals surface area contributed by atoms with Gasteiger partial charge in [-0.15, -0.1) is 0 Å². The average Bonchev–Trinajstić information content (AvgIpc) is 2.48. The van der Waals surface area contributed by atoms with E-state index in [0.29, 0.717) is 12.8 Å². The summed E-state index contributed by atoms with van der Waals surface area (Å²) in [5.74, 6) is -0.117. The van der Waals surface area contributed by atoms with Crippen LogP contribution >= 0.6 is 0 Å². The molecule has 0 aliphatic rings. The van der Waals surface area contributed by atoms with Crippen molar-refractivity contribution in [2.24, 2.45) is 0 Å². The molecule has 2 N–H and O–H groups in total. The van der Waals surface area contributed by atoms with E-state index in [-0.39, 0.29) is 6.42 Å². The van der Waals surface area contributed by atoms with Gasteiger partial charge in [-0.2, -0.15) is 0 Å². The molecule has 1 unspecified atom stereocenters. The number of hydrogen-bond acceptors (Lipinski definition) is 3. The zero-order valence-electron chi connectivity index (χ0n) is 13.5. The fraction of sp³-hybridized carbons (Fsp3) is 0.611. The Morgan fingerprint density at radius 2 is 2.00 bits per heavy atom. The van der Waals surface area contributed by atoms with Crippen molar-refractivity contribution >= 4 is 5.97 Å². The minimum atomic E-state index is -0.965. The fourth-order valence-electron chi connectivity index (χ4n) is 2.32. The number of rotatable bonds is 12. The predicted molar refractivity (Wildman–Crippen MR) is 87.3 cm³/mol. The maximum atomic E-state index is 10.5. The largest absolute Gasteiger partial charge is 0.494 e. The van der Waals surface area contributed by atoms with Gasteiger partial charge in [0.25, 0.3) is 0 Å². The van der Waals surface area contributed by atoms with Gasteiger partial charge in [0.2, 0.25) is 0 Å². The molecule has 0 aliphatic heterocycles. The number of aryl methyl sites for hydroxylation is 1. The number of aliphatic hydroxyl groups excluding tert-OH is 1. The number of benzene rings is 1. The van der Waals surface area contributed by atoms with E-state index in [1.54, 1.807) is 0 Å². The first-order valence-corrected chi connectivity index (χ1v) is 8.23. The molecule has 0 fully saturated rings. The Hall–Kier alpha value is -1.55. The zero-order chi connectivity index (χ0) is 16.2. The number of aliphatic carboxylic acids is 1. The van der Waals surface area contributed by atoms with E-state index in [9.17, 15) is 9.90 Å². The summed E-state index contributed by atoms with van der Waals surface area (Å²) < 4.78 is 5.74. The van der Waals surface area contributed by atoms with Gasteiger partial charge in [-0.1, -0.05) is 44.7 Å². The van der Waals surface area contributed by atoms with Crippen LogP contribution in [0.15, 0.2) is 24.3 Å². The molecule has 22 heavy (non-hydrogen) atoms. The molecular formula is C18H28O4. The van der Waals surface area contributed by atoms with E-state index in [1.165, 1.54) is 25.7 Å². The number of hydrogen-bond donors (Lipinski definition) is 2. The van der Waals surface area contributed by atoms with Crippen LogP contribution in [-0.2, 0) is 11.2 Å². The lowest BCUT2D eigenvalue weighted by Crippen LogP contribution is -2.13. The molecule has 1 aromatic rings. The van der Waals surface area contributed by atoms with Crippen LogP contribution in [0.4, 0.5) is 0 Å². The lowest BCUT2D eigenvalue weighted by atomic mass is 10.0. The third-order valence-corrected chi connectivity index (χ3v) is 3.59. The smallest absolute Gasteiger partial charge is 0.305 e. The van der Waals surface area contributed by atoms with Crippen molar-refractivity contribution in [1.29, 1.82) is 0 Å². The highest BCUT2D eigenvalue weighted by atomic mass is 16.5. The normalized spacial score (nSPS) is 12.1. The van der Waals surface area contributed by atoms with E-state index in [4.69, 9.17) is 9.84 Å². The summed E-state index contributed by atoms with van der Waals surface area (Å²) in [6.07, 6.45) is 6.19. The molecule has 4 nitrogen and oxygen atoms in total. The number of carbonyl (C=O) groups is 1. The maximum absolute atomic E-state index is 10.5. The molecule has 124 valence electrons. The second kappa shape index (κ2) is 11.1. The van der Waals surface area contributed by atoms with Crippen molar-refractivity contribution in [2.45, 2.75) is 64.4 Å². The molecular weight excluding hydrogens is 280 g/mol. The predicted octanol–water partition coefficient (Wildman–Crippen LogP) is 3.80. The van der Waals surface area contributed by atoms with Crippen molar-refractivity contribution in [3.63, 3.8) is 0 Å². The first kappa shape index (κ1) is 18.5. The number of carboxylic acids is 1. The number of unbranched alkanes of at least 4 members (excludes halogenated alkanes) is 4. The van der Waals surface area contributed by atoms with Gasteiger partial charge in [-0.05, 0) is 37.0 Å². The average molecular weight is 308 g/mol. The van der Waals surface area contributed by atoms with Crippen LogP contribution in [0.3, 0.4) is 0 Å². The molecule has 0 heterocycles. The van der Waals surface area contributed by atoms with Crippen molar-refractivity contribution in [2.75, 3.05) is 6.61 Å². The van der Waals surface area contributed by atoms with Gasteiger partial charge in [0.05, 0.1) is 19.1 Å². The Bertz CT molecular complexity index is 431. The van der Waals surface area contributed by atoms with Crippen molar-refractivity contribution in [3.05, 3.63) is 29.8 Å². The van der Waals surface area contributed by atoms with Gasteiger partial charge in [-0.3, -0.25) is 4.79 Å². The van der Waals surface area contributed by atoms with E-state index in [2.05, 4.69) is 6.92 Å². The van der Waals surface area contributed by atoms with Gasteiger partial charge >= 0.3 is 5.97 Å². The Morgan fingerprint density at radius 1 is 1.23 bits per heavy atom. The summed E-state index contributed by atoms with van der Waals surface area (Å²) in [6, 6.07) is 7.82. The summed E-state index contributed by atoms with van der Waals surface area (Å²) in [6.45, 7) is 2.93. The Kier molecular flexibility index (Phi) is 9.31. The Labute approximate surface area is 133 Å². The Morgan fingerprint density at radius 3 is 2.73 bits per heavy atom. The van der Waals surface area contributed by atoms with Crippen LogP contribution in [0.5, 0.6) is 5.75 Å². The van der Waals surface area contributed by atoms with Crippen LogP contribution in [0.25, 0.3) is 0 Å². The molecule has 0 radical (unpaired) electrons. The Balaban J connectivity index is 2.28. The van der Waals surface area contributed by atoms with Gasteiger partial charge in [-0.25, -0.2) is 0 Å². The molecule has 0 saturated carbocycles. The van der Waals surface area contributed by atoms with Crippen LogP contribution in [0.2, 0.25) is 0 Å². The lowest BCUT2D eigenvalue weighted by Gasteiger charge is -2.10. The SMILES string of the molecule is CCCCCCCOc1cccc(CCC(O)CC(=O)O)c1. The standard InChI is InChI=1S/C18H28O4/c1-2-3-4-5-6-12-22-17-9-7-8-15(13-17)10-11-16(19)14-18(20)21/h7-9,13,16,19H,2-6,10-12,14H2,1H3,(H,20,21). The van der Waals surface area contributed by atoms with E-state index in [1.807, 2.05) is 24.3 Å². The summed E-state index contributed by atoms with van der Waals surface area (Å²) >= 11 is 0. The quantitative estimate of drug-likeness (QED) is 0.576. The summed E-state index contributed by atoms with van der Waals surface area (Å²) in [5, 5.41) is 18.2. The van der Waals surface area contributed by atoms with Crippen molar-refractivity contribution < 1.29 is 19.7 Å². The molecule has 0 saturated heterocycles. The monoisotopic (exact) mass is 308 g/mol. The number of aliphatic hydroxyl groups is 1. The molecule has 1 aromatic carbocycles. The highest BCUT2D eigenvalue weighted by molar-refractivity contribution is 5.67. The van der Waals surface area contributed by atoms with Gasteiger partial charge < -0.3 is 14.9 Å². The van der Waals surface area contributed by atoms with Crippen molar-refractivity contribution in [3.8, 4) is 5.75 Å². The first-order valence-electron chi connectivity index (χ1n) is 8.23. The van der Waals surface area contributed by atoms with Crippen LogP contribution in [-0.4, -0.2) is 28.9 Å². The molecule has 0 aliphatic carbocycles. The minimum absolute atomic E-state index is 0.200. The van der Waals surface area contributed by atoms with Gasteiger partial charge in [0.1, 0.15) is 5.75 Å². The summed E-state index contributed by atoms with van der Waals surface area (Å²) in [7, 11) is 0. The van der Waals surface area contributed by atoms with Crippen molar-refractivity contribution in [1.82, 2.24) is 0 Å². The maximum Gasteiger partial charge on any atom is 0.305 e. The molecule has 0 amide bonds. The van der Waals surface area contributed by atoms with Crippen LogP contribution in [0, 0.1) is 0 Å². The third kappa shape index (κ3) is 8.67. The summed E-state index contributed by atoms with van der Waals surface area (Å²) in [5.41, 5.74) is 1.06. The van der Waals surface area contributed by atoms with E-state index < -0.39 is 12.1 Å². The van der Waals surface area contributed by atoms with E-state index >= 15 is 0 Å². The summed E-state index contributed by atoms with van der Waals surface area (Å²) in [4.78, 5) is 10.5. The molecule has 0 aromatic heterocycles. The number of carboxylic acid groups (broad SMARTS) is 1. The minimum Gasteiger partial charge on any atom is -0.494 e. The topological polar surface area (TPSA) is 66.8 Å². The molecule has 4 heteroatoms. The first-order chi connectivity index (χ1) is 10.6. The second-order valence-electron chi connectivity index (χ2n) is 5.70. The molecule has 1 atom stereocenters. The van der Waals surface area contributed by atoms with Crippen LogP contribution < -0.4 is 4.74 Å². The molecule has 1 rings (SSSR count). The van der Waals surface area contributed by atoms with E-state index in [0.717, 1.165) is 24.3 Å². The van der Waals surface area contributed by atoms with Gasteiger partial charge in [0, 0.05) is 0 Å². The number of ether oxygens (including phenoxy) is 1. The highest BCUT2D eigenvalue weighted by Gasteiger charge is 2.09. The second-order valence-corrected chi connectivity index (χ2v) is 5.70.